The topological polar surface area (TPSA) is 88.8 Å². The zero-order chi connectivity index (χ0) is 19.4. The van der Waals surface area contributed by atoms with Gasteiger partial charge in [0.25, 0.3) is 0 Å². The molecule has 1 aliphatic heterocycles. The van der Waals surface area contributed by atoms with E-state index in [1.54, 1.807) is 9.80 Å². The van der Waals surface area contributed by atoms with E-state index in [-0.39, 0.29) is 12.0 Å². The number of piperazine rings is 1. The van der Waals surface area contributed by atoms with Crippen LogP contribution in [0.4, 0.5) is 4.79 Å². The number of carbonyl (C=O) groups is 2. The molecule has 0 saturated carbocycles. The standard InChI is InChI=1S/C18H24N4O4S/c1-18(2,3)25-17(24)22-10-8-21(9-11-22)15(23)7-6-14-19-16(20-26-14)13-5-4-12-27-13/h4-5,12H,6-11H2,1-3H3. The molecule has 0 radical (unpaired) electrons. The number of carbonyl (C=O) groups excluding carboxylic acids is 2. The Balaban J connectivity index is 1.44. The molecule has 146 valence electrons. The van der Waals surface area contributed by atoms with E-state index in [2.05, 4.69) is 10.1 Å². The van der Waals surface area contributed by atoms with Crippen LogP contribution >= 0.6 is 11.3 Å². The highest BCUT2D eigenvalue weighted by molar-refractivity contribution is 7.13. The van der Waals surface area contributed by atoms with Gasteiger partial charge in [-0.2, -0.15) is 4.98 Å². The van der Waals surface area contributed by atoms with Crippen molar-refractivity contribution in [1.82, 2.24) is 19.9 Å². The Morgan fingerprint density at radius 1 is 1.22 bits per heavy atom. The van der Waals surface area contributed by atoms with Crippen LogP contribution in [0.25, 0.3) is 10.7 Å². The minimum Gasteiger partial charge on any atom is -0.444 e. The van der Waals surface area contributed by atoms with Crippen LogP contribution in [0.1, 0.15) is 33.1 Å². The molecule has 1 aliphatic rings. The monoisotopic (exact) mass is 392 g/mol. The van der Waals surface area contributed by atoms with Gasteiger partial charge in [0.05, 0.1) is 4.88 Å². The molecule has 3 heterocycles. The summed E-state index contributed by atoms with van der Waals surface area (Å²) >= 11 is 1.54. The van der Waals surface area contributed by atoms with Crippen molar-refractivity contribution < 1.29 is 18.8 Å². The van der Waals surface area contributed by atoms with Crippen molar-refractivity contribution in [3.05, 3.63) is 23.4 Å². The average Bonchev–Trinajstić information content (AvgIpc) is 3.29. The van der Waals surface area contributed by atoms with Crippen molar-refractivity contribution in [2.75, 3.05) is 26.2 Å². The van der Waals surface area contributed by atoms with Gasteiger partial charge < -0.3 is 19.1 Å². The SMILES string of the molecule is CC(C)(C)OC(=O)N1CCN(C(=O)CCc2nc(-c3cccs3)no2)CC1. The van der Waals surface area contributed by atoms with E-state index >= 15 is 0 Å². The molecule has 0 aliphatic carbocycles. The summed E-state index contributed by atoms with van der Waals surface area (Å²) in [7, 11) is 0. The van der Waals surface area contributed by atoms with Crippen LogP contribution in [-0.4, -0.2) is 63.7 Å². The van der Waals surface area contributed by atoms with Crippen LogP contribution in [0.2, 0.25) is 0 Å². The van der Waals surface area contributed by atoms with Crippen LogP contribution < -0.4 is 0 Å². The Hall–Kier alpha value is -2.42. The molecule has 0 atom stereocenters. The van der Waals surface area contributed by atoms with E-state index in [0.29, 0.717) is 50.7 Å². The molecule has 1 fully saturated rings. The summed E-state index contributed by atoms with van der Waals surface area (Å²) in [4.78, 5) is 33.2. The molecule has 0 aromatic carbocycles. The lowest BCUT2D eigenvalue weighted by molar-refractivity contribution is -0.133. The van der Waals surface area contributed by atoms with Crippen molar-refractivity contribution in [2.45, 2.75) is 39.2 Å². The molecule has 2 amide bonds. The second kappa shape index (κ2) is 8.08. The number of aromatic nitrogens is 2. The average molecular weight is 392 g/mol. The number of hydrogen-bond acceptors (Lipinski definition) is 7. The molecule has 3 rings (SSSR count). The minimum absolute atomic E-state index is 0.0229. The first kappa shape index (κ1) is 19.3. The lowest BCUT2D eigenvalue weighted by Crippen LogP contribution is -2.51. The summed E-state index contributed by atoms with van der Waals surface area (Å²) in [5, 5.41) is 5.90. The Bertz CT molecular complexity index is 774. The Morgan fingerprint density at radius 2 is 1.93 bits per heavy atom. The Kier molecular flexibility index (Phi) is 5.79. The Labute approximate surface area is 162 Å². The first-order chi connectivity index (χ1) is 12.8. The fourth-order valence-electron chi connectivity index (χ4n) is 2.70. The van der Waals surface area contributed by atoms with Crippen LogP contribution in [0.3, 0.4) is 0 Å². The largest absolute Gasteiger partial charge is 0.444 e. The molecule has 27 heavy (non-hydrogen) atoms. The van der Waals surface area contributed by atoms with E-state index < -0.39 is 5.60 Å². The molecule has 0 spiro atoms. The van der Waals surface area contributed by atoms with E-state index in [0.717, 1.165) is 4.88 Å². The maximum absolute atomic E-state index is 12.4. The molecule has 2 aromatic heterocycles. The molecular formula is C18H24N4O4S. The van der Waals surface area contributed by atoms with Crippen molar-refractivity contribution in [1.29, 1.82) is 0 Å². The van der Waals surface area contributed by atoms with Gasteiger partial charge in [-0.05, 0) is 32.2 Å². The first-order valence-corrected chi connectivity index (χ1v) is 9.82. The van der Waals surface area contributed by atoms with Gasteiger partial charge in [0.2, 0.25) is 17.6 Å². The zero-order valence-corrected chi connectivity index (χ0v) is 16.6. The predicted molar refractivity (Wildman–Crippen MR) is 100 cm³/mol. The van der Waals surface area contributed by atoms with E-state index in [1.165, 1.54) is 11.3 Å². The third-order valence-corrected chi connectivity index (χ3v) is 4.91. The van der Waals surface area contributed by atoms with Gasteiger partial charge in [-0.25, -0.2) is 4.79 Å². The number of ether oxygens (including phenoxy) is 1. The summed E-state index contributed by atoms with van der Waals surface area (Å²) in [6, 6.07) is 3.85. The number of nitrogens with zero attached hydrogens (tertiary/aromatic N) is 4. The fourth-order valence-corrected chi connectivity index (χ4v) is 3.35. The van der Waals surface area contributed by atoms with Gasteiger partial charge in [0.15, 0.2) is 0 Å². The second-order valence-electron chi connectivity index (χ2n) is 7.34. The molecule has 2 aromatic rings. The molecule has 0 bridgehead atoms. The van der Waals surface area contributed by atoms with E-state index in [9.17, 15) is 9.59 Å². The second-order valence-corrected chi connectivity index (χ2v) is 8.28. The Morgan fingerprint density at radius 3 is 2.56 bits per heavy atom. The molecule has 0 N–H and O–H groups in total. The highest BCUT2D eigenvalue weighted by Gasteiger charge is 2.27. The predicted octanol–water partition coefficient (Wildman–Crippen LogP) is 2.81. The van der Waals surface area contributed by atoms with Crippen molar-refractivity contribution in [3.63, 3.8) is 0 Å². The summed E-state index contributed by atoms with van der Waals surface area (Å²) in [5.41, 5.74) is -0.518. The number of thiophene rings is 1. The smallest absolute Gasteiger partial charge is 0.410 e. The minimum atomic E-state index is -0.518. The lowest BCUT2D eigenvalue weighted by atomic mass is 10.2. The van der Waals surface area contributed by atoms with Crippen LogP contribution in [0.15, 0.2) is 22.0 Å². The van der Waals surface area contributed by atoms with Gasteiger partial charge >= 0.3 is 6.09 Å². The van der Waals surface area contributed by atoms with Crippen LogP contribution in [-0.2, 0) is 16.0 Å². The number of hydrogen-bond donors (Lipinski definition) is 0. The van der Waals surface area contributed by atoms with Gasteiger partial charge in [-0.15, -0.1) is 11.3 Å². The fraction of sp³-hybridized carbons (Fsp3) is 0.556. The highest BCUT2D eigenvalue weighted by Crippen LogP contribution is 2.21. The van der Waals surface area contributed by atoms with Crippen molar-refractivity contribution in [2.24, 2.45) is 0 Å². The summed E-state index contributed by atoms with van der Waals surface area (Å²) in [5.74, 6) is 1.03. The number of amides is 2. The molecule has 0 unspecified atom stereocenters. The van der Waals surface area contributed by atoms with Crippen LogP contribution in [0, 0.1) is 0 Å². The normalized spacial score (nSPS) is 15.1. The number of aryl methyl sites for hydroxylation is 1. The van der Waals surface area contributed by atoms with Gasteiger partial charge in [0.1, 0.15) is 5.60 Å². The molecule has 8 nitrogen and oxygen atoms in total. The number of rotatable bonds is 4. The van der Waals surface area contributed by atoms with Gasteiger partial charge in [-0.3, -0.25) is 4.79 Å². The quantitative estimate of drug-likeness (QED) is 0.795. The zero-order valence-electron chi connectivity index (χ0n) is 15.8. The lowest BCUT2D eigenvalue weighted by Gasteiger charge is -2.35. The first-order valence-electron chi connectivity index (χ1n) is 8.94. The summed E-state index contributed by atoms with van der Waals surface area (Å²) in [6.45, 7) is 7.47. The molecular weight excluding hydrogens is 368 g/mol. The van der Waals surface area contributed by atoms with Gasteiger partial charge in [0, 0.05) is 39.0 Å². The van der Waals surface area contributed by atoms with Crippen molar-refractivity contribution >= 4 is 23.3 Å². The summed E-state index contributed by atoms with van der Waals surface area (Å²) < 4.78 is 10.6. The van der Waals surface area contributed by atoms with Crippen molar-refractivity contribution in [3.8, 4) is 10.7 Å². The molecule has 1 saturated heterocycles. The molecule has 9 heteroatoms. The third kappa shape index (κ3) is 5.29. The maximum atomic E-state index is 12.4. The van der Waals surface area contributed by atoms with Gasteiger partial charge in [-0.1, -0.05) is 11.2 Å². The van der Waals surface area contributed by atoms with E-state index in [1.807, 2.05) is 38.3 Å². The third-order valence-electron chi connectivity index (χ3n) is 4.05. The highest BCUT2D eigenvalue weighted by atomic mass is 32.1. The summed E-state index contributed by atoms with van der Waals surface area (Å²) in [6.07, 6.45) is 0.378. The maximum Gasteiger partial charge on any atom is 0.410 e. The van der Waals surface area contributed by atoms with E-state index in [4.69, 9.17) is 9.26 Å². The van der Waals surface area contributed by atoms with Crippen LogP contribution in [0.5, 0.6) is 0 Å².